The fourth-order valence-electron chi connectivity index (χ4n) is 1.05. The van der Waals surface area contributed by atoms with E-state index in [1.165, 1.54) is 0 Å². The van der Waals surface area contributed by atoms with E-state index in [1.54, 1.807) is 32.5 Å². The van der Waals surface area contributed by atoms with E-state index in [1.807, 2.05) is 11.7 Å². The zero-order valence-corrected chi connectivity index (χ0v) is 11.5. The highest BCUT2D eigenvalue weighted by atomic mass is 32.2. The molecule has 4 N–H and O–H groups in total. The van der Waals surface area contributed by atoms with Crippen molar-refractivity contribution in [1.29, 1.82) is 0 Å². The van der Waals surface area contributed by atoms with Crippen molar-refractivity contribution in [2.75, 3.05) is 12.0 Å². The molecule has 0 aromatic carbocycles. The normalized spacial score (nSPS) is 12.8. The summed E-state index contributed by atoms with van der Waals surface area (Å²) in [6, 6.07) is -0.665. The number of amides is 2. The van der Waals surface area contributed by atoms with Crippen LogP contribution < -0.4 is 16.6 Å². The van der Waals surface area contributed by atoms with E-state index in [0.29, 0.717) is 6.42 Å². The maximum Gasteiger partial charge on any atom is 0.408 e. The number of hydrazine groups is 1. The third-order valence-corrected chi connectivity index (χ3v) is 2.40. The monoisotopic (exact) mass is 263 g/mol. The van der Waals surface area contributed by atoms with Crippen LogP contribution in [0.25, 0.3) is 0 Å². The summed E-state index contributed by atoms with van der Waals surface area (Å²) in [5.41, 5.74) is 1.43. The zero-order valence-electron chi connectivity index (χ0n) is 10.7. The van der Waals surface area contributed by atoms with Crippen LogP contribution in [0.2, 0.25) is 0 Å². The van der Waals surface area contributed by atoms with E-state index >= 15 is 0 Å². The summed E-state index contributed by atoms with van der Waals surface area (Å²) in [7, 11) is 0. The first-order valence-electron chi connectivity index (χ1n) is 5.29. The van der Waals surface area contributed by atoms with Gasteiger partial charge in [-0.25, -0.2) is 10.6 Å². The van der Waals surface area contributed by atoms with Crippen molar-refractivity contribution < 1.29 is 14.3 Å². The average Bonchev–Trinajstić information content (AvgIpc) is 2.20. The Morgan fingerprint density at radius 3 is 2.41 bits per heavy atom. The zero-order chi connectivity index (χ0) is 13.5. The van der Waals surface area contributed by atoms with E-state index in [-0.39, 0.29) is 0 Å². The molecule has 0 saturated carbocycles. The van der Waals surface area contributed by atoms with Crippen LogP contribution in [-0.2, 0) is 9.53 Å². The maximum atomic E-state index is 11.5. The summed E-state index contributed by atoms with van der Waals surface area (Å²) in [5.74, 6) is 5.37. The Bertz CT molecular complexity index is 266. The molecule has 0 bridgehead atoms. The highest BCUT2D eigenvalue weighted by Gasteiger charge is 2.23. The number of ether oxygens (including phenoxy) is 1. The Labute approximate surface area is 106 Å². The van der Waals surface area contributed by atoms with E-state index in [0.717, 1.165) is 5.75 Å². The predicted octanol–water partition coefficient (Wildman–Crippen LogP) is 0.623. The maximum absolute atomic E-state index is 11.5. The van der Waals surface area contributed by atoms with Crippen molar-refractivity contribution in [3.8, 4) is 0 Å². The lowest BCUT2D eigenvalue weighted by molar-refractivity contribution is -0.123. The predicted molar refractivity (Wildman–Crippen MR) is 68.5 cm³/mol. The number of alkyl carbamates (subject to hydrolysis) is 1. The molecule has 17 heavy (non-hydrogen) atoms. The highest BCUT2D eigenvalue weighted by Crippen LogP contribution is 2.08. The minimum Gasteiger partial charge on any atom is -0.444 e. The van der Waals surface area contributed by atoms with E-state index in [4.69, 9.17) is 10.6 Å². The van der Waals surface area contributed by atoms with Gasteiger partial charge in [0.25, 0.3) is 5.91 Å². The molecular weight excluding hydrogens is 242 g/mol. The molecule has 0 aliphatic carbocycles. The van der Waals surface area contributed by atoms with Crippen LogP contribution in [-0.4, -0.2) is 35.7 Å². The molecule has 0 saturated heterocycles. The van der Waals surface area contributed by atoms with E-state index < -0.39 is 23.6 Å². The summed E-state index contributed by atoms with van der Waals surface area (Å²) < 4.78 is 5.07. The molecule has 2 amide bonds. The van der Waals surface area contributed by atoms with Gasteiger partial charge in [0.15, 0.2) is 0 Å². The number of thioether (sulfide) groups is 1. The molecule has 0 rings (SSSR count). The SMILES string of the molecule is CSCC[C@H](NC(=O)OC(C)(C)C)C(=O)NN. The summed E-state index contributed by atoms with van der Waals surface area (Å²) in [5, 5.41) is 2.49. The Kier molecular flexibility index (Phi) is 6.98. The van der Waals surface area contributed by atoms with Gasteiger partial charge in [0.05, 0.1) is 0 Å². The smallest absolute Gasteiger partial charge is 0.408 e. The van der Waals surface area contributed by atoms with Gasteiger partial charge in [-0.2, -0.15) is 11.8 Å². The molecule has 0 fully saturated rings. The topological polar surface area (TPSA) is 93.4 Å². The first-order chi connectivity index (χ1) is 7.80. The minimum atomic E-state index is -0.665. The number of hydrogen-bond acceptors (Lipinski definition) is 5. The molecule has 0 spiro atoms. The third-order valence-electron chi connectivity index (χ3n) is 1.76. The molecule has 0 aromatic heterocycles. The van der Waals surface area contributed by atoms with Gasteiger partial charge in [0.2, 0.25) is 0 Å². The van der Waals surface area contributed by atoms with Crippen molar-refractivity contribution in [2.24, 2.45) is 5.84 Å². The largest absolute Gasteiger partial charge is 0.444 e. The van der Waals surface area contributed by atoms with Gasteiger partial charge in [-0.15, -0.1) is 0 Å². The van der Waals surface area contributed by atoms with Crippen LogP contribution in [0.1, 0.15) is 27.2 Å². The summed E-state index contributed by atoms with van der Waals surface area (Å²) >= 11 is 1.59. The third kappa shape index (κ3) is 7.87. The van der Waals surface area contributed by atoms with Crippen LogP contribution in [0.5, 0.6) is 0 Å². The number of nitrogens with one attached hydrogen (secondary N) is 2. The van der Waals surface area contributed by atoms with Crippen molar-refractivity contribution in [1.82, 2.24) is 10.7 Å². The van der Waals surface area contributed by atoms with Gasteiger partial charge in [-0.1, -0.05) is 0 Å². The lowest BCUT2D eigenvalue weighted by Crippen LogP contribution is -2.50. The molecule has 0 heterocycles. The molecule has 6 nitrogen and oxygen atoms in total. The highest BCUT2D eigenvalue weighted by molar-refractivity contribution is 7.98. The van der Waals surface area contributed by atoms with Crippen LogP contribution in [0, 0.1) is 0 Å². The second kappa shape index (κ2) is 7.39. The van der Waals surface area contributed by atoms with Crippen molar-refractivity contribution in [2.45, 2.75) is 38.8 Å². The van der Waals surface area contributed by atoms with Crippen LogP contribution in [0.3, 0.4) is 0 Å². The van der Waals surface area contributed by atoms with Gasteiger partial charge in [0, 0.05) is 0 Å². The molecular formula is C10H21N3O3S. The van der Waals surface area contributed by atoms with Gasteiger partial charge >= 0.3 is 6.09 Å². The van der Waals surface area contributed by atoms with Crippen LogP contribution in [0.4, 0.5) is 4.79 Å². The number of hydrogen-bond donors (Lipinski definition) is 3. The molecule has 7 heteroatoms. The summed E-state index contributed by atoms with van der Waals surface area (Å²) in [4.78, 5) is 22.9. The Hall–Kier alpha value is -0.950. The molecule has 0 radical (unpaired) electrons. The Morgan fingerprint density at radius 2 is 2.00 bits per heavy atom. The quantitative estimate of drug-likeness (QED) is 0.384. The number of rotatable bonds is 5. The minimum absolute atomic E-state index is 0.426. The molecule has 0 unspecified atom stereocenters. The molecule has 1 atom stereocenters. The number of nitrogens with two attached hydrogens (primary N) is 1. The van der Waals surface area contributed by atoms with Crippen LogP contribution >= 0.6 is 11.8 Å². The van der Waals surface area contributed by atoms with Gasteiger partial charge in [-0.05, 0) is 39.2 Å². The van der Waals surface area contributed by atoms with Gasteiger partial charge in [0.1, 0.15) is 11.6 Å². The second-order valence-electron chi connectivity index (χ2n) is 4.49. The van der Waals surface area contributed by atoms with Crippen molar-refractivity contribution >= 4 is 23.8 Å². The van der Waals surface area contributed by atoms with Crippen LogP contribution in [0.15, 0.2) is 0 Å². The number of carbonyl (C=O) groups excluding carboxylic acids is 2. The molecule has 0 aromatic rings. The van der Waals surface area contributed by atoms with Crippen molar-refractivity contribution in [3.05, 3.63) is 0 Å². The van der Waals surface area contributed by atoms with E-state index in [2.05, 4.69) is 5.32 Å². The average molecular weight is 263 g/mol. The Morgan fingerprint density at radius 1 is 1.41 bits per heavy atom. The summed E-state index contributed by atoms with van der Waals surface area (Å²) in [6.45, 7) is 5.27. The first kappa shape index (κ1) is 16.1. The van der Waals surface area contributed by atoms with Gasteiger partial charge < -0.3 is 10.1 Å². The number of carbonyl (C=O) groups is 2. The fraction of sp³-hybridized carbons (Fsp3) is 0.800. The lowest BCUT2D eigenvalue weighted by Gasteiger charge is -2.22. The fourth-order valence-corrected chi connectivity index (χ4v) is 1.53. The standard InChI is InChI=1S/C10H21N3O3S/c1-10(2,3)16-9(15)12-7(5-6-17-4)8(14)13-11/h7H,5-6,11H2,1-4H3,(H,12,15)(H,13,14)/t7-/m0/s1. The Balaban J connectivity index is 4.32. The first-order valence-corrected chi connectivity index (χ1v) is 6.68. The lowest BCUT2D eigenvalue weighted by atomic mass is 10.2. The molecule has 0 aliphatic rings. The second-order valence-corrected chi connectivity index (χ2v) is 5.47. The molecule has 100 valence electrons. The van der Waals surface area contributed by atoms with E-state index in [9.17, 15) is 9.59 Å². The summed E-state index contributed by atoms with van der Waals surface area (Å²) in [6.07, 6.45) is 1.81. The van der Waals surface area contributed by atoms with Gasteiger partial charge in [-0.3, -0.25) is 10.2 Å². The molecule has 0 aliphatic heterocycles. The van der Waals surface area contributed by atoms with Crippen molar-refractivity contribution in [3.63, 3.8) is 0 Å².